The summed E-state index contributed by atoms with van der Waals surface area (Å²) < 4.78 is 30.4. The summed E-state index contributed by atoms with van der Waals surface area (Å²) in [5, 5.41) is 0. The van der Waals surface area contributed by atoms with Crippen LogP contribution < -0.4 is 29.1 Å². The standard InChI is InChI=1S/C37H38N2O8S/c1-7-44-35(41)25-18-16-24(17-19-25)21-46-33-26(12-11-15-29(33)43-6)20-30-34(40)39-32(27-13-9-10-14-28(27)47-22(3)4)31(36(42)45-8-2)23(5)38-37(39)48-30/h9-20,22,32H,7-8,21H2,1-6H3/b30-20-/t32-/m1/s1. The second-order valence-corrected chi connectivity index (χ2v) is 12.1. The number of allylic oxidation sites excluding steroid dienone is 1. The first-order chi connectivity index (χ1) is 23.2. The SMILES string of the molecule is CCOC(=O)C1=C(C)N=c2s/c(=C\c3cccc(OC)c3OCc3ccc(C(=O)OCC)cc3)c(=O)n2[C@@H]1c1ccccc1OC(C)C. The minimum absolute atomic E-state index is 0.139. The normalized spacial score (nSPS) is 14.3. The smallest absolute Gasteiger partial charge is 0.338 e. The van der Waals surface area contributed by atoms with Crippen LogP contribution in [-0.4, -0.2) is 42.9 Å². The topological polar surface area (TPSA) is 115 Å². The molecule has 0 spiro atoms. The molecule has 10 nitrogen and oxygen atoms in total. The zero-order valence-electron chi connectivity index (χ0n) is 27.8. The zero-order valence-corrected chi connectivity index (χ0v) is 28.6. The molecule has 0 bridgehead atoms. The molecule has 0 fully saturated rings. The highest BCUT2D eigenvalue weighted by Crippen LogP contribution is 2.36. The zero-order chi connectivity index (χ0) is 34.4. The molecule has 4 aromatic rings. The van der Waals surface area contributed by atoms with Crippen LogP contribution in [0.3, 0.4) is 0 Å². The Hall–Kier alpha value is -5.16. The highest BCUT2D eigenvalue weighted by molar-refractivity contribution is 7.07. The van der Waals surface area contributed by atoms with Crippen molar-refractivity contribution < 1.29 is 33.3 Å². The van der Waals surface area contributed by atoms with Gasteiger partial charge in [0.1, 0.15) is 18.4 Å². The Morgan fingerprint density at radius 3 is 2.31 bits per heavy atom. The van der Waals surface area contributed by atoms with E-state index in [0.29, 0.717) is 55.6 Å². The van der Waals surface area contributed by atoms with E-state index in [0.717, 1.165) is 5.56 Å². The van der Waals surface area contributed by atoms with Gasteiger partial charge in [0.2, 0.25) is 0 Å². The van der Waals surface area contributed by atoms with Crippen LogP contribution in [0.2, 0.25) is 0 Å². The van der Waals surface area contributed by atoms with Gasteiger partial charge < -0.3 is 23.7 Å². The minimum Gasteiger partial charge on any atom is -0.493 e. The number of hydrogen-bond donors (Lipinski definition) is 0. The van der Waals surface area contributed by atoms with Crippen LogP contribution in [0.1, 0.15) is 67.7 Å². The lowest BCUT2D eigenvalue weighted by molar-refractivity contribution is -0.139. The molecule has 0 unspecified atom stereocenters. The van der Waals surface area contributed by atoms with Gasteiger partial charge >= 0.3 is 11.9 Å². The van der Waals surface area contributed by atoms with E-state index in [1.807, 2.05) is 50.2 Å². The summed E-state index contributed by atoms with van der Waals surface area (Å²) >= 11 is 1.21. The van der Waals surface area contributed by atoms with Gasteiger partial charge in [0.05, 0.1) is 47.8 Å². The molecule has 0 aliphatic carbocycles. The summed E-state index contributed by atoms with van der Waals surface area (Å²) in [6, 6.07) is 18.9. The van der Waals surface area contributed by atoms with Crippen molar-refractivity contribution >= 4 is 29.4 Å². The number of para-hydroxylation sites is 2. The van der Waals surface area contributed by atoms with Gasteiger partial charge in [0.15, 0.2) is 16.3 Å². The number of esters is 2. The third-order valence-electron chi connectivity index (χ3n) is 7.46. The maximum absolute atomic E-state index is 14.3. The molecule has 5 rings (SSSR count). The molecular formula is C37H38N2O8S. The Morgan fingerprint density at radius 2 is 1.62 bits per heavy atom. The van der Waals surface area contributed by atoms with Crippen LogP contribution in [0, 0.1) is 0 Å². The summed E-state index contributed by atoms with van der Waals surface area (Å²) in [4.78, 5) is 44.9. The number of thiazole rings is 1. The predicted molar refractivity (Wildman–Crippen MR) is 182 cm³/mol. The average Bonchev–Trinajstić information content (AvgIpc) is 3.37. The van der Waals surface area contributed by atoms with Gasteiger partial charge in [0.25, 0.3) is 5.56 Å². The molecule has 3 aromatic carbocycles. The van der Waals surface area contributed by atoms with Crippen molar-refractivity contribution in [3.8, 4) is 17.2 Å². The van der Waals surface area contributed by atoms with Gasteiger partial charge in [-0.25, -0.2) is 14.6 Å². The molecule has 0 N–H and O–H groups in total. The fourth-order valence-electron chi connectivity index (χ4n) is 5.36. The number of carbonyl (C=O) groups excluding carboxylic acids is 2. The molecule has 1 aliphatic rings. The summed E-state index contributed by atoms with van der Waals surface area (Å²) in [5.74, 6) is 0.549. The summed E-state index contributed by atoms with van der Waals surface area (Å²) in [7, 11) is 1.55. The fourth-order valence-corrected chi connectivity index (χ4v) is 6.40. The molecule has 2 heterocycles. The van der Waals surface area contributed by atoms with E-state index in [-0.39, 0.29) is 36.4 Å². The summed E-state index contributed by atoms with van der Waals surface area (Å²) in [5.41, 5.74) is 2.94. The Bertz CT molecular complexity index is 2030. The van der Waals surface area contributed by atoms with E-state index < -0.39 is 12.0 Å². The summed E-state index contributed by atoms with van der Waals surface area (Å²) in [6.45, 7) is 9.73. The Morgan fingerprint density at radius 1 is 0.938 bits per heavy atom. The highest BCUT2D eigenvalue weighted by Gasteiger charge is 2.35. The van der Waals surface area contributed by atoms with Crippen molar-refractivity contribution in [2.75, 3.05) is 20.3 Å². The van der Waals surface area contributed by atoms with Crippen molar-refractivity contribution in [1.29, 1.82) is 0 Å². The van der Waals surface area contributed by atoms with Gasteiger partial charge in [-0.2, -0.15) is 0 Å². The molecule has 0 saturated carbocycles. The molecule has 1 aromatic heterocycles. The van der Waals surface area contributed by atoms with Crippen molar-refractivity contribution in [3.63, 3.8) is 0 Å². The first-order valence-electron chi connectivity index (χ1n) is 15.7. The Kier molecular flexibility index (Phi) is 10.8. The molecule has 48 heavy (non-hydrogen) atoms. The van der Waals surface area contributed by atoms with Gasteiger partial charge in [-0.15, -0.1) is 0 Å². The highest BCUT2D eigenvalue weighted by atomic mass is 32.1. The van der Waals surface area contributed by atoms with E-state index in [1.165, 1.54) is 15.9 Å². The molecule has 1 aliphatic heterocycles. The van der Waals surface area contributed by atoms with Crippen LogP contribution in [0.15, 0.2) is 87.8 Å². The Labute approximate surface area is 282 Å². The second kappa shape index (κ2) is 15.2. The number of fused-ring (bicyclic) bond motifs is 1. The number of ether oxygens (including phenoxy) is 5. The van der Waals surface area contributed by atoms with Gasteiger partial charge in [0, 0.05) is 11.1 Å². The number of carbonyl (C=O) groups is 2. The molecule has 0 saturated heterocycles. The molecule has 1 atom stereocenters. The second-order valence-electron chi connectivity index (χ2n) is 11.1. The van der Waals surface area contributed by atoms with E-state index >= 15 is 0 Å². The van der Waals surface area contributed by atoms with Crippen LogP contribution in [0.5, 0.6) is 17.2 Å². The van der Waals surface area contributed by atoms with Crippen molar-refractivity contribution in [3.05, 3.63) is 120 Å². The number of nitrogens with zero attached hydrogens (tertiary/aromatic N) is 2. The first kappa shape index (κ1) is 34.2. The van der Waals surface area contributed by atoms with Crippen LogP contribution in [0.25, 0.3) is 6.08 Å². The molecule has 11 heteroatoms. The average molecular weight is 671 g/mol. The van der Waals surface area contributed by atoms with Gasteiger partial charge in [-0.05, 0) is 70.5 Å². The third-order valence-corrected chi connectivity index (χ3v) is 8.44. The van der Waals surface area contributed by atoms with E-state index in [4.69, 9.17) is 28.7 Å². The lowest BCUT2D eigenvalue weighted by Gasteiger charge is -2.26. The molecule has 0 radical (unpaired) electrons. The molecular weight excluding hydrogens is 632 g/mol. The number of aromatic nitrogens is 1. The number of benzene rings is 3. The maximum Gasteiger partial charge on any atom is 0.338 e. The lowest BCUT2D eigenvalue weighted by Crippen LogP contribution is -2.40. The quantitative estimate of drug-likeness (QED) is 0.186. The third kappa shape index (κ3) is 7.21. The maximum atomic E-state index is 14.3. The molecule has 250 valence electrons. The monoisotopic (exact) mass is 670 g/mol. The lowest BCUT2D eigenvalue weighted by atomic mass is 9.95. The van der Waals surface area contributed by atoms with Gasteiger partial charge in [-0.1, -0.05) is 53.8 Å². The van der Waals surface area contributed by atoms with E-state index in [2.05, 4.69) is 0 Å². The number of rotatable bonds is 12. The van der Waals surface area contributed by atoms with E-state index in [9.17, 15) is 14.4 Å². The number of hydrogen-bond acceptors (Lipinski definition) is 10. The fraction of sp³-hybridized carbons (Fsp3) is 0.297. The molecule has 0 amide bonds. The van der Waals surface area contributed by atoms with Crippen LogP contribution in [0.4, 0.5) is 0 Å². The van der Waals surface area contributed by atoms with E-state index in [1.54, 1.807) is 64.3 Å². The van der Waals surface area contributed by atoms with Crippen molar-refractivity contribution in [1.82, 2.24) is 4.57 Å². The van der Waals surface area contributed by atoms with Crippen molar-refractivity contribution in [2.24, 2.45) is 4.99 Å². The van der Waals surface area contributed by atoms with Crippen molar-refractivity contribution in [2.45, 2.75) is 53.4 Å². The Balaban J connectivity index is 1.59. The largest absolute Gasteiger partial charge is 0.493 e. The predicted octanol–water partition coefficient (Wildman–Crippen LogP) is 5.35. The number of methoxy groups -OCH3 is 1. The minimum atomic E-state index is -0.823. The van der Waals surface area contributed by atoms with Crippen LogP contribution in [-0.2, 0) is 20.9 Å². The summed E-state index contributed by atoms with van der Waals surface area (Å²) in [6.07, 6.45) is 1.60. The van der Waals surface area contributed by atoms with Crippen LogP contribution >= 0.6 is 11.3 Å². The first-order valence-corrected chi connectivity index (χ1v) is 16.5. The van der Waals surface area contributed by atoms with Gasteiger partial charge in [-0.3, -0.25) is 9.36 Å².